The summed E-state index contributed by atoms with van der Waals surface area (Å²) in [6.45, 7) is 4.08. The molecule has 4 nitrogen and oxygen atoms in total. The lowest BCUT2D eigenvalue weighted by atomic mass is 10.1. The van der Waals surface area contributed by atoms with Crippen LogP contribution in [0.4, 0.5) is 5.69 Å². The van der Waals surface area contributed by atoms with Crippen molar-refractivity contribution in [3.8, 4) is 0 Å². The van der Waals surface area contributed by atoms with Crippen LogP contribution in [0.3, 0.4) is 0 Å². The normalized spacial score (nSPS) is 16.9. The van der Waals surface area contributed by atoms with E-state index in [9.17, 15) is 4.79 Å². The van der Waals surface area contributed by atoms with Crippen LogP contribution < -0.4 is 10.7 Å². The van der Waals surface area contributed by atoms with Crippen LogP contribution in [0, 0.1) is 0 Å². The summed E-state index contributed by atoms with van der Waals surface area (Å²) in [5.74, 6) is 5.04. The van der Waals surface area contributed by atoms with Gasteiger partial charge in [-0.1, -0.05) is 24.3 Å². The summed E-state index contributed by atoms with van der Waals surface area (Å²) in [6, 6.07) is 7.44. The molecular formula is C11H11N3O. The molecule has 0 fully saturated rings. The zero-order chi connectivity index (χ0) is 10.8. The molecule has 0 unspecified atom stereocenters. The van der Waals surface area contributed by atoms with Crippen LogP contribution in [0.5, 0.6) is 0 Å². The van der Waals surface area contributed by atoms with Gasteiger partial charge in [0, 0.05) is 12.1 Å². The minimum atomic E-state index is -0.168. The molecule has 15 heavy (non-hydrogen) atoms. The van der Waals surface area contributed by atoms with Crippen molar-refractivity contribution in [3.63, 3.8) is 0 Å². The molecule has 4 heteroatoms. The topological polar surface area (TPSA) is 58.7 Å². The Morgan fingerprint density at radius 2 is 2.20 bits per heavy atom. The molecule has 0 radical (unpaired) electrons. The van der Waals surface area contributed by atoms with Crippen LogP contribution in [-0.2, 0) is 4.79 Å². The van der Waals surface area contributed by atoms with Gasteiger partial charge in [0.15, 0.2) is 5.71 Å². The van der Waals surface area contributed by atoms with Gasteiger partial charge in [0.2, 0.25) is 0 Å². The fraction of sp³-hybridized carbons (Fsp3) is 0.0909. The predicted octanol–water partition coefficient (Wildman–Crippen LogP) is 0.882. The van der Waals surface area contributed by atoms with E-state index in [-0.39, 0.29) is 5.91 Å². The molecular weight excluding hydrogens is 190 g/mol. The Hall–Kier alpha value is -2.10. The molecule has 1 aliphatic rings. The standard InChI is InChI=1S/C11H11N3O/c1-2-7-14-9-6-4-3-5-8(9)10(13-12)11(14)15/h2-6H,1,7,12H2. The van der Waals surface area contributed by atoms with Crippen molar-refractivity contribution in [2.45, 2.75) is 0 Å². The first-order valence-corrected chi connectivity index (χ1v) is 4.59. The lowest BCUT2D eigenvalue weighted by Crippen LogP contribution is -2.30. The predicted molar refractivity (Wildman–Crippen MR) is 59.7 cm³/mol. The van der Waals surface area contributed by atoms with Gasteiger partial charge in [-0.2, -0.15) is 5.10 Å². The number of amides is 1. The molecule has 0 aromatic heterocycles. The number of nitrogens with zero attached hydrogens (tertiary/aromatic N) is 2. The summed E-state index contributed by atoms with van der Waals surface area (Å²) < 4.78 is 0. The Balaban J connectivity index is 2.56. The number of benzene rings is 1. The number of anilines is 1. The highest BCUT2D eigenvalue weighted by atomic mass is 16.2. The van der Waals surface area contributed by atoms with E-state index >= 15 is 0 Å². The summed E-state index contributed by atoms with van der Waals surface area (Å²) in [4.78, 5) is 13.5. The Morgan fingerprint density at radius 1 is 1.47 bits per heavy atom. The number of nitrogens with two attached hydrogens (primary N) is 1. The van der Waals surface area contributed by atoms with Gasteiger partial charge < -0.3 is 10.7 Å². The third-order valence-corrected chi connectivity index (χ3v) is 2.34. The maximum Gasteiger partial charge on any atom is 0.279 e. The van der Waals surface area contributed by atoms with Gasteiger partial charge in [0.25, 0.3) is 5.91 Å². The van der Waals surface area contributed by atoms with Gasteiger partial charge in [-0.05, 0) is 6.07 Å². The van der Waals surface area contributed by atoms with Crippen molar-refractivity contribution < 1.29 is 4.79 Å². The van der Waals surface area contributed by atoms with Gasteiger partial charge in [0.1, 0.15) is 0 Å². The van der Waals surface area contributed by atoms with E-state index in [1.807, 2.05) is 24.3 Å². The fourth-order valence-corrected chi connectivity index (χ4v) is 1.70. The number of hydrogen-bond donors (Lipinski definition) is 1. The van der Waals surface area contributed by atoms with Crippen LogP contribution in [0.2, 0.25) is 0 Å². The van der Waals surface area contributed by atoms with E-state index < -0.39 is 0 Å². The van der Waals surface area contributed by atoms with E-state index in [1.54, 1.807) is 11.0 Å². The highest BCUT2D eigenvalue weighted by Gasteiger charge is 2.32. The average molecular weight is 201 g/mol. The van der Waals surface area contributed by atoms with Gasteiger partial charge in [0.05, 0.1) is 5.69 Å². The largest absolute Gasteiger partial charge is 0.322 e. The van der Waals surface area contributed by atoms with Crippen LogP contribution in [0.15, 0.2) is 42.0 Å². The molecule has 2 rings (SSSR count). The number of hydrogen-bond acceptors (Lipinski definition) is 3. The van der Waals surface area contributed by atoms with Crippen molar-refractivity contribution in [2.24, 2.45) is 10.9 Å². The SMILES string of the molecule is C=CCN1C(=O)C(=NN)c2ccccc21. The maximum atomic E-state index is 11.9. The van der Waals surface area contributed by atoms with E-state index in [4.69, 9.17) is 5.84 Å². The third-order valence-electron chi connectivity index (χ3n) is 2.34. The zero-order valence-corrected chi connectivity index (χ0v) is 8.18. The van der Waals surface area contributed by atoms with E-state index in [1.165, 1.54) is 0 Å². The van der Waals surface area contributed by atoms with Gasteiger partial charge in [-0.3, -0.25) is 4.79 Å². The lowest BCUT2D eigenvalue weighted by Gasteiger charge is -2.13. The molecule has 1 amide bonds. The van der Waals surface area contributed by atoms with E-state index in [0.717, 1.165) is 11.3 Å². The van der Waals surface area contributed by atoms with Crippen LogP contribution in [0.25, 0.3) is 0 Å². The second-order valence-electron chi connectivity index (χ2n) is 3.20. The van der Waals surface area contributed by atoms with E-state index in [0.29, 0.717) is 12.3 Å². The second-order valence-corrected chi connectivity index (χ2v) is 3.20. The average Bonchev–Trinajstić information content (AvgIpc) is 2.53. The molecule has 0 aliphatic carbocycles. The van der Waals surface area contributed by atoms with Crippen LogP contribution in [0.1, 0.15) is 5.56 Å². The second kappa shape index (κ2) is 3.57. The van der Waals surface area contributed by atoms with Crippen molar-refractivity contribution >= 4 is 17.3 Å². The Labute approximate surface area is 87.7 Å². The fourth-order valence-electron chi connectivity index (χ4n) is 1.70. The molecule has 1 heterocycles. The first-order valence-electron chi connectivity index (χ1n) is 4.59. The van der Waals surface area contributed by atoms with Crippen molar-refractivity contribution in [2.75, 3.05) is 11.4 Å². The molecule has 0 atom stereocenters. The molecule has 0 bridgehead atoms. The van der Waals surface area contributed by atoms with Gasteiger partial charge in [-0.15, -0.1) is 6.58 Å². The number of hydrazone groups is 1. The number of carbonyl (C=O) groups is 1. The highest BCUT2D eigenvalue weighted by Crippen LogP contribution is 2.28. The molecule has 76 valence electrons. The molecule has 1 aromatic carbocycles. The number of rotatable bonds is 2. The van der Waals surface area contributed by atoms with Crippen molar-refractivity contribution in [1.82, 2.24) is 0 Å². The minimum absolute atomic E-state index is 0.168. The molecule has 0 spiro atoms. The molecule has 0 saturated heterocycles. The quantitative estimate of drug-likeness (QED) is 0.438. The first-order chi connectivity index (χ1) is 7.29. The van der Waals surface area contributed by atoms with Crippen molar-refractivity contribution in [1.29, 1.82) is 0 Å². The summed E-state index contributed by atoms with van der Waals surface area (Å²) in [6.07, 6.45) is 1.67. The smallest absolute Gasteiger partial charge is 0.279 e. The zero-order valence-electron chi connectivity index (χ0n) is 8.18. The van der Waals surface area contributed by atoms with Crippen LogP contribution in [-0.4, -0.2) is 18.2 Å². The Morgan fingerprint density at radius 3 is 2.87 bits per heavy atom. The first kappa shape index (κ1) is 9.45. The maximum absolute atomic E-state index is 11.9. The summed E-state index contributed by atoms with van der Waals surface area (Å²) in [5, 5.41) is 3.53. The number of fused-ring (bicyclic) bond motifs is 1. The molecule has 1 aliphatic heterocycles. The lowest BCUT2D eigenvalue weighted by molar-refractivity contribution is -0.112. The Kier molecular flexibility index (Phi) is 2.25. The molecule has 2 N–H and O–H groups in total. The molecule has 0 saturated carbocycles. The molecule has 1 aromatic rings. The Bertz CT molecular complexity index is 451. The van der Waals surface area contributed by atoms with Gasteiger partial charge in [-0.25, -0.2) is 0 Å². The third kappa shape index (κ3) is 1.30. The number of carbonyl (C=O) groups excluding carboxylic acids is 1. The monoisotopic (exact) mass is 201 g/mol. The summed E-state index contributed by atoms with van der Waals surface area (Å²) >= 11 is 0. The summed E-state index contributed by atoms with van der Waals surface area (Å²) in [5.41, 5.74) is 1.94. The van der Waals surface area contributed by atoms with Gasteiger partial charge >= 0.3 is 0 Å². The highest BCUT2D eigenvalue weighted by molar-refractivity contribution is 6.54. The van der Waals surface area contributed by atoms with Crippen molar-refractivity contribution in [3.05, 3.63) is 42.5 Å². The number of para-hydroxylation sites is 1. The van der Waals surface area contributed by atoms with Crippen LogP contribution >= 0.6 is 0 Å². The van der Waals surface area contributed by atoms with E-state index in [2.05, 4.69) is 11.7 Å². The summed E-state index contributed by atoms with van der Waals surface area (Å²) in [7, 11) is 0. The minimum Gasteiger partial charge on any atom is -0.322 e.